The molecule has 0 aromatic carbocycles. The Balaban J connectivity index is 4.95. The van der Waals surface area contributed by atoms with E-state index in [-0.39, 0.29) is 19.3 Å². The largest absolute Gasteiger partial charge is 0.472 e. The number of allylic oxidation sites excluding steroid dienone is 17. The van der Waals surface area contributed by atoms with Crippen LogP contribution in [0.5, 0.6) is 0 Å². The number of unbranched alkanes of at least 4 members (excludes halogenated alkanes) is 12. The molecule has 0 heterocycles. The number of ether oxygens (including phenoxy) is 3. The summed E-state index contributed by atoms with van der Waals surface area (Å²) in [6, 6.07) is 0. The Hall–Kier alpha value is -3.86. The van der Waals surface area contributed by atoms with Crippen LogP contribution in [0.1, 0.15) is 188 Å². The number of rotatable bonds is 46. The summed E-state index contributed by atoms with van der Waals surface area (Å²) in [4.78, 5) is 48.2. The molecule has 0 fully saturated rings. The van der Waals surface area contributed by atoms with Crippen molar-refractivity contribution >= 4 is 25.7 Å². The van der Waals surface area contributed by atoms with E-state index in [1.165, 1.54) is 44.9 Å². The number of hydrogen-bond acceptors (Lipinski definition) is 10. The first kappa shape index (κ1) is 64.1. The van der Waals surface area contributed by atoms with Crippen molar-refractivity contribution in [3.05, 3.63) is 109 Å². The molecule has 0 aliphatic carbocycles. The zero-order valence-corrected chi connectivity index (χ0v) is 43.2. The van der Waals surface area contributed by atoms with Gasteiger partial charge in [-0.15, -0.1) is 0 Å². The van der Waals surface area contributed by atoms with Gasteiger partial charge >= 0.3 is 25.7 Å². The van der Waals surface area contributed by atoms with Crippen molar-refractivity contribution in [2.24, 2.45) is 0 Å². The summed E-state index contributed by atoms with van der Waals surface area (Å²) < 4.78 is 39.2. The molecular weight excluding hydrogens is 880 g/mol. The topological polar surface area (TPSA) is 155 Å². The molecule has 0 aromatic rings. The highest BCUT2D eigenvalue weighted by Gasteiger charge is 2.28. The summed E-state index contributed by atoms with van der Waals surface area (Å²) in [6.07, 6.45) is 58.1. The van der Waals surface area contributed by atoms with Crippen LogP contribution in [0.25, 0.3) is 0 Å². The van der Waals surface area contributed by atoms with Crippen LogP contribution in [-0.4, -0.2) is 66.5 Å². The van der Waals surface area contributed by atoms with E-state index in [0.29, 0.717) is 19.3 Å². The molecule has 0 aliphatic rings. The highest BCUT2D eigenvalue weighted by atomic mass is 31.2. The van der Waals surface area contributed by atoms with Crippen molar-refractivity contribution in [1.29, 1.82) is 0 Å². The van der Waals surface area contributed by atoms with Crippen LogP contribution in [0.3, 0.4) is 0 Å². The minimum Gasteiger partial charge on any atom is -0.461 e. The Morgan fingerprint density at radius 3 is 1.25 bits per heavy atom. The Bertz CT molecular complexity index is 1550. The lowest BCUT2D eigenvalue weighted by Crippen LogP contribution is -2.30. The van der Waals surface area contributed by atoms with E-state index in [0.717, 1.165) is 83.5 Å². The number of aliphatic hydroxyl groups excluding tert-OH is 1. The van der Waals surface area contributed by atoms with Gasteiger partial charge < -0.3 is 24.2 Å². The van der Waals surface area contributed by atoms with Crippen molar-refractivity contribution in [2.45, 2.75) is 200 Å². The van der Waals surface area contributed by atoms with E-state index in [1.807, 2.05) is 12.2 Å². The van der Waals surface area contributed by atoms with Crippen molar-refractivity contribution < 1.29 is 52.2 Å². The predicted molar refractivity (Wildman–Crippen MR) is 279 cm³/mol. The highest BCUT2D eigenvalue weighted by Crippen LogP contribution is 2.43. The molecule has 0 radical (unpaired) electrons. The SMILES string of the molecule is CC/C=C\C/C=C\C/C=C\C/C=C\C/C=C\CC(=O)OCC(COP(=O)(O)OCC(CO)OC(=O)CCCCCCCCCCCCC)OC(=O)CCCC/C=C\C/C=C\C/C=C\C/C=C\CC. The fraction of sp³-hybridized carbons (Fsp3) is 0.625. The number of esters is 3. The molecule has 0 saturated carbocycles. The minimum atomic E-state index is -4.77. The van der Waals surface area contributed by atoms with Crippen LogP contribution in [-0.2, 0) is 42.2 Å². The fourth-order valence-electron chi connectivity index (χ4n) is 6.36. The molecular formula is C56H91O11P. The van der Waals surface area contributed by atoms with E-state index in [9.17, 15) is 28.9 Å². The first-order valence-corrected chi connectivity index (χ1v) is 27.3. The predicted octanol–water partition coefficient (Wildman–Crippen LogP) is 14.7. The van der Waals surface area contributed by atoms with Gasteiger partial charge in [0.15, 0.2) is 6.10 Å². The van der Waals surface area contributed by atoms with Gasteiger partial charge in [-0.05, 0) is 83.5 Å². The molecule has 0 saturated heterocycles. The molecule has 2 N–H and O–H groups in total. The van der Waals surface area contributed by atoms with Crippen molar-refractivity contribution in [1.82, 2.24) is 0 Å². The van der Waals surface area contributed by atoms with Gasteiger partial charge in [0.05, 0.1) is 26.2 Å². The summed E-state index contributed by atoms with van der Waals surface area (Å²) in [5, 5.41) is 9.76. The maximum Gasteiger partial charge on any atom is 0.472 e. The third-order valence-electron chi connectivity index (χ3n) is 10.2. The number of phosphoric acid groups is 1. The zero-order valence-electron chi connectivity index (χ0n) is 42.3. The first-order valence-electron chi connectivity index (χ1n) is 25.8. The molecule has 0 amide bonds. The Morgan fingerprint density at radius 1 is 0.441 bits per heavy atom. The van der Waals surface area contributed by atoms with Crippen molar-refractivity contribution in [3.8, 4) is 0 Å². The average Bonchev–Trinajstić information content (AvgIpc) is 3.32. The van der Waals surface area contributed by atoms with Gasteiger partial charge in [0.1, 0.15) is 12.7 Å². The third-order valence-corrected chi connectivity index (χ3v) is 11.2. The zero-order chi connectivity index (χ0) is 49.9. The lowest BCUT2D eigenvalue weighted by molar-refractivity contribution is -0.161. The molecule has 3 unspecified atom stereocenters. The van der Waals surface area contributed by atoms with Crippen molar-refractivity contribution in [3.63, 3.8) is 0 Å². The van der Waals surface area contributed by atoms with E-state index < -0.39 is 64.4 Å². The average molecular weight is 971 g/mol. The maximum atomic E-state index is 12.8. The molecule has 386 valence electrons. The lowest BCUT2D eigenvalue weighted by Gasteiger charge is -2.21. The summed E-state index contributed by atoms with van der Waals surface area (Å²) in [6.45, 7) is 4.21. The van der Waals surface area contributed by atoms with Crippen LogP contribution >= 0.6 is 7.82 Å². The number of carbonyl (C=O) groups excluding carboxylic acids is 3. The molecule has 0 aromatic heterocycles. The van der Waals surface area contributed by atoms with E-state index in [1.54, 1.807) is 6.08 Å². The third kappa shape index (κ3) is 47.2. The second kappa shape index (κ2) is 49.6. The number of carbonyl (C=O) groups is 3. The monoisotopic (exact) mass is 971 g/mol. The smallest absolute Gasteiger partial charge is 0.461 e. The van der Waals surface area contributed by atoms with Gasteiger partial charge in [0, 0.05) is 12.8 Å². The standard InChI is InChI=1S/C56H91O11P/c1-4-7-10-13-16-19-22-24-26-28-31-33-36-39-42-45-54(58)63-49-53(67-56(60)47-44-41-38-35-32-29-27-25-23-20-17-14-11-8-5-2)51-65-68(61,62)64-50-52(48-57)66-55(59)46-43-40-37-34-30-21-18-15-12-9-6-3/h7-8,10-11,16-17,19-20,24-27,31-33,35,39,42,52-53,57H,4-6,9,12-15,18,21-23,28-30,34,36-38,40-41,43-51H2,1-3H3,(H,61,62)/b10-7-,11-8-,19-16-,20-17-,26-24-,27-25-,33-31-,35-32-,42-39-. The summed E-state index contributed by atoms with van der Waals surface area (Å²) >= 11 is 0. The number of hydrogen-bond donors (Lipinski definition) is 2. The molecule has 0 rings (SSSR count). The summed E-state index contributed by atoms with van der Waals surface area (Å²) in [5.41, 5.74) is 0. The van der Waals surface area contributed by atoms with Crippen LogP contribution in [0.2, 0.25) is 0 Å². The van der Waals surface area contributed by atoms with Gasteiger partial charge in [0.25, 0.3) is 0 Å². The van der Waals surface area contributed by atoms with E-state index in [2.05, 4.69) is 112 Å². The van der Waals surface area contributed by atoms with Crippen LogP contribution in [0.15, 0.2) is 109 Å². The Morgan fingerprint density at radius 2 is 0.809 bits per heavy atom. The Kier molecular flexibility index (Phi) is 46.7. The molecule has 3 atom stereocenters. The van der Waals surface area contributed by atoms with E-state index >= 15 is 0 Å². The van der Waals surface area contributed by atoms with Crippen LogP contribution in [0, 0.1) is 0 Å². The fourth-order valence-corrected chi connectivity index (χ4v) is 7.14. The second-order valence-corrected chi connectivity index (χ2v) is 18.0. The van der Waals surface area contributed by atoms with Crippen LogP contribution in [0.4, 0.5) is 0 Å². The van der Waals surface area contributed by atoms with Gasteiger partial charge in [0.2, 0.25) is 0 Å². The van der Waals surface area contributed by atoms with Crippen LogP contribution < -0.4 is 0 Å². The Labute approximate surface area is 412 Å². The quantitative estimate of drug-likeness (QED) is 0.0197. The van der Waals surface area contributed by atoms with Gasteiger partial charge in [-0.3, -0.25) is 23.4 Å². The first-order chi connectivity index (χ1) is 33.2. The molecule has 68 heavy (non-hydrogen) atoms. The molecule has 0 spiro atoms. The molecule has 12 heteroatoms. The summed E-state index contributed by atoms with van der Waals surface area (Å²) in [5.74, 6) is -1.68. The van der Waals surface area contributed by atoms with Crippen molar-refractivity contribution in [2.75, 3.05) is 26.4 Å². The van der Waals surface area contributed by atoms with Gasteiger partial charge in [-0.2, -0.15) is 0 Å². The maximum absolute atomic E-state index is 12.8. The van der Waals surface area contributed by atoms with E-state index in [4.69, 9.17) is 23.3 Å². The second-order valence-electron chi connectivity index (χ2n) is 16.6. The number of aliphatic hydroxyl groups is 1. The molecule has 0 aliphatic heterocycles. The van der Waals surface area contributed by atoms with Gasteiger partial charge in [-0.25, -0.2) is 4.57 Å². The highest BCUT2D eigenvalue weighted by molar-refractivity contribution is 7.47. The van der Waals surface area contributed by atoms with Gasteiger partial charge in [-0.1, -0.05) is 194 Å². The summed E-state index contributed by atoms with van der Waals surface area (Å²) in [7, 11) is -4.77. The molecule has 0 bridgehead atoms. The minimum absolute atomic E-state index is 0.0194. The lowest BCUT2D eigenvalue weighted by atomic mass is 10.1. The normalized spacial score (nSPS) is 14.4. The number of phosphoric ester groups is 1. The molecule has 11 nitrogen and oxygen atoms in total.